The number of hydrogen-bond donors (Lipinski definition) is 2. The fourth-order valence-electron chi connectivity index (χ4n) is 2.19. The van der Waals surface area contributed by atoms with Gasteiger partial charge in [0.15, 0.2) is 11.7 Å². The molecule has 1 amide bonds. The molecule has 2 aromatic rings. The van der Waals surface area contributed by atoms with Crippen molar-refractivity contribution in [3.05, 3.63) is 54.3 Å². The lowest BCUT2D eigenvalue weighted by Gasteiger charge is -2.12. The number of carbonyl (C=O) groups is 2. The first kappa shape index (κ1) is 18.4. The number of carboxylic acids is 1. The molecular formula is C18H19FN2O4. The smallest absolute Gasteiger partial charge is 0.326 e. The van der Waals surface area contributed by atoms with Crippen LogP contribution in [-0.4, -0.2) is 28.0 Å². The molecule has 25 heavy (non-hydrogen) atoms. The lowest BCUT2D eigenvalue weighted by molar-refractivity contribution is -0.141. The summed E-state index contributed by atoms with van der Waals surface area (Å²) < 4.78 is 19.2. The van der Waals surface area contributed by atoms with Crippen LogP contribution in [0.25, 0.3) is 11.3 Å². The second-order valence-electron chi connectivity index (χ2n) is 5.36. The number of hydrogen-bond acceptors (Lipinski definition) is 4. The maximum atomic E-state index is 13.7. The van der Waals surface area contributed by atoms with E-state index in [0.29, 0.717) is 5.56 Å². The Morgan fingerprint density at radius 2 is 2.16 bits per heavy atom. The van der Waals surface area contributed by atoms with E-state index in [0.717, 1.165) is 0 Å². The minimum atomic E-state index is -1.09. The molecule has 0 aliphatic heterocycles. The fourth-order valence-corrected chi connectivity index (χ4v) is 2.19. The SMILES string of the molecule is C/C=C/CC(NC(=O)CCc1ncc(-c2ccccc2F)o1)C(=O)O. The van der Waals surface area contributed by atoms with Crippen LogP contribution in [0.5, 0.6) is 0 Å². The average molecular weight is 346 g/mol. The third kappa shape index (κ3) is 5.27. The van der Waals surface area contributed by atoms with E-state index in [9.17, 15) is 14.0 Å². The Kier molecular flexibility index (Phi) is 6.45. The van der Waals surface area contributed by atoms with Crippen LogP contribution in [0.15, 0.2) is 47.0 Å². The third-order valence-electron chi connectivity index (χ3n) is 3.50. The van der Waals surface area contributed by atoms with E-state index < -0.39 is 23.7 Å². The molecule has 0 bridgehead atoms. The van der Waals surface area contributed by atoms with E-state index in [2.05, 4.69) is 10.3 Å². The molecule has 1 unspecified atom stereocenters. The van der Waals surface area contributed by atoms with Gasteiger partial charge in [0.2, 0.25) is 5.91 Å². The van der Waals surface area contributed by atoms with Crippen molar-refractivity contribution < 1.29 is 23.5 Å². The second kappa shape index (κ2) is 8.77. The Morgan fingerprint density at radius 3 is 2.84 bits per heavy atom. The number of aromatic nitrogens is 1. The first-order valence-electron chi connectivity index (χ1n) is 7.84. The van der Waals surface area contributed by atoms with Gasteiger partial charge >= 0.3 is 5.97 Å². The van der Waals surface area contributed by atoms with Crippen molar-refractivity contribution in [2.24, 2.45) is 0 Å². The monoisotopic (exact) mass is 346 g/mol. The van der Waals surface area contributed by atoms with E-state index in [-0.39, 0.29) is 30.9 Å². The summed E-state index contributed by atoms with van der Waals surface area (Å²) in [5.74, 6) is -1.36. The molecule has 1 heterocycles. The van der Waals surface area contributed by atoms with Crippen molar-refractivity contribution in [1.29, 1.82) is 0 Å². The van der Waals surface area contributed by atoms with Crippen molar-refractivity contribution in [2.45, 2.75) is 32.2 Å². The first-order chi connectivity index (χ1) is 12.0. The molecule has 1 aromatic carbocycles. The number of carbonyl (C=O) groups excluding carboxylic acids is 1. The topological polar surface area (TPSA) is 92.4 Å². The lowest BCUT2D eigenvalue weighted by atomic mass is 10.2. The number of benzene rings is 1. The van der Waals surface area contributed by atoms with E-state index >= 15 is 0 Å². The van der Waals surface area contributed by atoms with Crippen LogP contribution in [0.4, 0.5) is 4.39 Å². The molecule has 0 aliphatic rings. The van der Waals surface area contributed by atoms with Gasteiger partial charge in [0, 0.05) is 12.8 Å². The molecule has 0 saturated carbocycles. The Hall–Kier alpha value is -2.96. The van der Waals surface area contributed by atoms with Gasteiger partial charge in [-0.3, -0.25) is 4.79 Å². The van der Waals surface area contributed by atoms with Gasteiger partial charge in [-0.15, -0.1) is 0 Å². The van der Waals surface area contributed by atoms with Gasteiger partial charge in [-0.25, -0.2) is 14.2 Å². The number of aryl methyl sites for hydroxylation is 1. The number of allylic oxidation sites excluding steroid dienone is 1. The first-order valence-corrected chi connectivity index (χ1v) is 7.84. The molecule has 132 valence electrons. The minimum Gasteiger partial charge on any atom is -0.480 e. The Labute approximate surface area is 144 Å². The number of oxazole rings is 1. The predicted octanol–water partition coefficient (Wildman–Crippen LogP) is 2.95. The molecule has 2 rings (SSSR count). The standard InChI is InChI=1S/C18H19FN2O4/c1-2-3-8-14(18(23)24)21-16(22)9-10-17-20-11-15(25-17)12-6-4-5-7-13(12)19/h2-7,11,14H,8-10H2,1H3,(H,21,22)(H,23,24)/b3-2+. The van der Waals surface area contributed by atoms with E-state index in [4.69, 9.17) is 9.52 Å². The summed E-state index contributed by atoms with van der Waals surface area (Å²) in [6, 6.07) is 5.19. The summed E-state index contributed by atoms with van der Waals surface area (Å²) in [6.45, 7) is 1.77. The highest BCUT2D eigenvalue weighted by molar-refractivity contribution is 5.83. The highest BCUT2D eigenvalue weighted by atomic mass is 19.1. The zero-order valence-corrected chi connectivity index (χ0v) is 13.7. The molecule has 0 aliphatic carbocycles. The minimum absolute atomic E-state index is 0.0246. The average Bonchev–Trinajstić information content (AvgIpc) is 3.05. The predicted molar refractivity (Wildman–Crippen MR) is 89.2 cm³/mol. The maximum absolute atomic E-state index is 13.7. The Morgan fingerprint density at radius 1 is 1.40 bits per heavy atom. The van der Waals surface area contributed by atoms with Crippen LogP contribution in [0.3, 0.4) is 0 Å². The van der Waals surface area contributed by atoms with Crippen molar-refractivity contribution in [3.63, 3.8) is 0 Å². The molecule has 2 N–H and O–H groups in total. The van der Waals surface area contributed by atoms with Gasteiger partial charge in [-0.2, -0.15) is 0 Å². The molecule has 7 heteroatoms. The molecule has 1 aromatic heterocycles. The molecule has 1 atom stereocenters. The zero-order valence-electron chi connectivity index (χ0n) is 13.7. The Balaban J connectivity index is 1.92. The fraction of sp³-hybridized carbons (Fsp3) is 0.278. The van der Waals surface area contributed by atoms with Gasteiger partial charge < -0.3 is 14.8 Å². The number of nitrogens with zero attached hydrogens (tertiary/aromatic N) is 1. The molecule has 0 spiro atoms. The highest BCUT2D eigenvalue weighted by Gasteiger charge is 2.19. The molecule has 0 saturated heterocycles. The van der Waals surface area contributed by atoms with Gasteiger partial charge in [0.1, 0.15) is 11.9 Å². The van der Waals surface area contributed by atoms with Crippen LogP contribution >= 0.6 is 0 Å². The number of halogens is 1. The van der Waals surface area contributed by atoms with E-state index in [1.807, 2.05) is 0 Å². The zero-order chi connectivity index (χ0) is 18.2. The summed E-state index contributed by atoms with van der Waals surface area (Å²) in [4.78, 5) is 27.0. The number of aliphatic carboxylic acids is 1. The van der Waals surface area contributed by atoms with Crippen molar-refractivity contribution in [2.75, 3.05) is 0 Å². The normalized spacial score (nSPS) is 12.2. The number of amides is 1. The van der Waals surface area contributed by atoms with Gasteiger partial charge in [0.05, 0.1) is 11.8 Å². The van der Waals surface area contributed by atoms with E-state index in [1.165, 1.54) is 12.3 Å². The van der Waals surface area contributed by atoms with Crippen molar-refractivity contribution in [3.8, 4) is 11.3 Å². The van der Waals surface area contributed by atoms with Crippen LogP contribution in [-0.2, 0) is 16.0 Å². The van der Waals surface area contributed by atoms with Crippen molar-refractivity contribution >= 4 is 11.9 Å². The highest BCUT2D eigenvalue weighted by Crippen LogP contribution is 2.23. The third-order valence-corrected chi connectivity index (χ3v) is 3.50. The quantitative estimate of drug-likeness (QED) is 0.717. The van der Waals surface area contributed by atoms with Crippen molar-refractivity contribution in [1.82, 2.24) is 10.3 Å². The van der Waals surface area contributed by atoms with Crippen LogP contribution in [0, 0.1) is 5.82 Å². The van der Waals surface area contributed by atoms with Crippen LogP contribution in [0.1, 0.15) is 25.7 Å². The van der Waals surface area contributed by atoms with Gasteiger partial charge in [0.25, 0.3) is 0 Å². The summed E-state index contributed by atoms with van der Waals surface area (Å²) in [5, 5.41) is 11.5. The largest absolute Gasteiger partial charge is 0.480 e. The molecule has 0 radical (unpaired) electrons. The summed E-state index contributed by atoms with van der Waals surface area (Å²) >= 11 is 0. The lowest BCUT2D eigenvalue weighted by Crippen LogP contribution is -2.40. The summed E-state index contributed by atoms with van der Waals surface area (Å²) in [5.41, 5.74) is 0.294. The number of rotatable bonds is 8. The second-order valence-corrected chi connectivity index (χ2v) is 5.36. The summed E-state index contributed by atoms with van der Waals surface area (Å²) in [7, 11) is 0. The Bertz CT molecular complexity index is 770. The van der Waals surface area contributed by atoms with Gasteiger partial charge in [-0.05, 0) is 25.5 Å². The number of carboxylic acid groups (broad SMARTS) is 1. The van der Waals surface area contributed by atoms with Crippen LogP contribution in [0.2, 0.25) is 0 Å². The molecule has 6 nitrogen and oxygen atoms in total. The van der Waals surface area contributed by atoms with Crippen LogP contribution < -0.4 is 5.32 Å². The maximum Gasteiger partial charge on any atom is 0.326 e. The number of nitrogens with one attached hydrogen (secondary N) is 1. The van der Waals surface area contributed by atoms with Gasteiger partial charge in [-0.1, -0.05) is 24.3 Å². The van der Waals surface area contributed by atoms with E-state index in [1.54, 1.807) is 37.3 Å². The molecule has 0 fully saturated rings. The molecular weight excluding hydrogens is 327 g/mol. The summed E-state index contributed by atoms with van der Waals surface area (Å²) in [6.07, 6.45) is 5.23.